The number of hydrogen-bond acceptors (Lipinski definition) is 5. The Kier molecular flexibility index (Phi) is 6.47. The van der Waals surface area contributed by atoms with Crippen LogP contribution in [0.3, 0.4) is 0 Å². The quantitative estimate of drug-likeness (QED) is 0.588. The van der Waals surface area contributed by atoms with E-state index in [9.17, 15) is 4.79 Å². The number of pyridine rings is 1. The highest BCUT2D eigenvalue weighted by atomic mass is 32.2. The molecule has 3 aromatic rings. The molecule has 1 fully saturated rings. The molecule has 2 aromatic heterocycles. The van der Waals surface area contributed by atoms with Gasteiger partial charge in [-0.2, -0.15) is 11.8 Å². The van der Waals surface area contributed by atoms with E-state index < -0.39 is 0 Å². The number of anilines is 1. The van der Waals surface area contributed by atoms with Crippen LogP contribution in [0, 0.1) is 6.92 Å². The van der Waals surface area contributed by atoms with Crippen LogP contribution in [0.15, 0.2) is 42.6 Å². The molecule has 0 bridgehead atoms. The molecule has 1 aromatic carbocycles. The molecule has 7 heteroatoms. The first-order valence-corrected chi connectivity index (χ1v) is 11.6. The number of ether oxygens (including phenoxy) is 1. The van der Waals surface area contributed by atoms with Gasteiger partial charge in [-0.1, -0.05) is 13.0 Å². The molecule has 1 aliphatic heterocycles. The van der Waals surface area contributed by atoms with E-state index in [0.29, 0.717) is 25.3 Å². The van der Waals surface area contributed by atoms with Crippen molar-refractivity contribution in [2.24, 2.45) is 0 Å². The zero-order chi connectivity index (χ0) is 20.9. The van der Waals surface area contributed by atoms with Gasteiger partial charge < -0.3 is 15.0 Å². The van der Waals surface area contributed by atoms with Gasteiger partial charge in [-0.3, -0.25) is 9.20 Å². The Morgan fingerprint density at radius 1 is 1.17 bits per heavy atom. The van der Waals surface area contributed by atoms with Gasteiger partial charge in [0, 0.05) is 36.5 Å². The molecule has 158 valence electrons. The summed E-state index contributed by atoms with van der Waals surface area (Å²) >= 11 is 2.01. The number of amides is 1. The third kappa shape index (κ3) is 4.56. The van der Waals surface area contributed by atoms with Crippen LogP contribution >= 0.6 is 11.8 Å². The summed E-state index contributed by atoms with van der Waals surface area (Å²) in [5.41, 5.74) is 4.55. The van der Waals surface area contributed by atoms with Gasteiger partial charge in [0.05, 0.1) is 12.2 Å². The normalized spacial score (nSPS) is 14.1. The minimum absolute atomic E-state index is 0.119. The van der Waals surface area contributed by atoms with E-state index in [1.54, 1.807) is 0 Å². The largest absolute Gasteiger partial charge is 0.492 e. The second-order valence-corrected chi connectivity index (χ2v) is 8.62. The fourth-order valence-electron chi connectivity index (χ4n) is 3.68. The number of fused-ring (bicyclic) bond motifs is 1. The van der Waals surface area contributed by atoms with Crippen molar-refractivity contribution in [2.45, 2.75) is 20.3 Å². The number of aromatic nitrogens is 2. The van der Waals surface area contributed by atoms with E-state index in [2.05, 4.69) is 27.3 Å². The SMILES string of the molecule is CCc1nc2ccc(C)cn2c1C(=O)NCCOc1ccc(N2CCSCC2)cc1. The Morgan fingerprint density at radius 3 is 2.67 bits per heavy atom. The minimum Gasteiger partial charge on any atom is -0.492 e. The monoisotopic (exact) mass is 424 g/mol. The average molecular weight is 425 g/mol. The number of nitrogens with zero attached hydrogens (tertiary/aromatic N) is 3. The zero-order valence-electron chi connectivity index (χ0n) is 17.6. The second kappa shape index (κ2) is 9.43. The number of thioether (sulfide) groups is 1. The molecule has 0 unspecified atom stereocenters. The van der Waals surface area contributed by atoms with Crippen LogP contribution in [0.2, 0.25) is 0 Å². The summed E-state index contributed by atoms with van der Waals surface area (Å²) in [6.45, 7) is 7.07. The Bertz CT molecular complexity index is 1010. The maximum atomic E-state index is 12.8. The van der Waals surface area contributed by atoms with Crippen molar-refractivity contribution in [3.8, 4) is 5.75 Å². The first-order chi connectivity index (χ1) is 14.7. The molecular weight excluding hydrogens is 396 g/mol. The van der Waals surface area contributed by atoms with Crippen LogP contribution in [0.25, 0.3) is 5.65 Å². The molecular formula is C23H28N4O2S. The van der Waals surface area contributed by atoms with Crippen LogP contribution < -0.4 is 15.0 Å². The molecule has 30 heavy (non-hydrogen) atoms. The van der Waals surface area contributed by atoms with Gasteiger partial charge in [0.2, 0.25) is 0 Å². The lowest BCUT2D eigenvalue weighted by Crippen LogP contribution is -2.32. The van der Waals surface area contributed by atoms with Crippen LogP contribution in [0.4, 0.5) is 5.69 Å². The average Bonchev–Trinajstić information content (AvgIpc) is 3.15. The molecule has 1 saturated heterocycles. The predicted molar refractivity (Wildman–Crippen MR) is 123 cm³/mol. The van der Waals surface area contributed by atoms with Crippen LogP contribution in [0.5, 0.6) is 5.75 Å². The number of nitrogens with one attached hydrogen (secondary N) is 1. The molecule has 4 rings (SSSR count). The summed E-state index contributed by atoms with van der Waals surface area (Å²) < 4.78 is 7.70. The van der Waals surface area contributed by atoms with Crippen molar-refractivity contribution < 1.29 is 9.53 Å². The third-order valence-electron chi connectivity index (χ3n) is 5.26. The molecule has 3 heterocycles. The van der Waals surface area contributed by atoms with E-state index in [-0.39, 0.29) is 5.91 Å². The van der Waals surface area contributed by atoms with Crippen LogP contribution in [-0.4, -0.2) is 53.0 Å². The zero-order valence-corrected chi connectivity index (χ0v) is 18.4. The van der Waals surface area contributed by atoms with Crippen molar-refractivity contribution in [1.29, 1.82) is 0 Å². The van der Waals surface area contributed by atoms with Gasteiger partial charge in [-0.15, -0.1) is 0 Å². The van der Waals surface area contributed by atoms with Crippen LogP contribution in [0.1, 0.15) is 28.7 Å². The lowest BCUT2D eigenvalue weighted by atomic mass is 10.2. The van der Waals surface area contributed by atoms with Crippen molar-refractivity contribution in [2.75, 3.05) is 42.6 Å². The Morgan fingerprint density at radius 2 is 1.93 bits per heavy atom. The number of carbonyl (C=O) groups excluding carboxylic acids is 1. The standard InChI is InChI=1S/C23H28N4O2S/c1-3-20-22(27-16-17(2)4-9-21(27)25-20)23(28)24-10-13-29-19-7-5-18(6-8-19)26-11-14-30-15-12-26/h4-9,16H,3,10-15H2,1-2H3,(H,24,28). The number of rotatable bonds is 7. The van der Waals surface area contributed by atoms with Crippen molar-refractivity contribution in [3.63, 3.8) is 0 Å². The van der Waals surface area contributed by atoms with E-state index in [1.807, 2.05) is 60.5 Å². The summed E-state index contributed by atoms with van der Waals surface area (Å²) in [6, 6.07) is 12.2. The Hall–Kier alpha value is -2.67. The summed E-state index contributed by atoms with van der Waals surface area (Å²) in [5.74, 6) is 3.07. The van der Waals surface area contributed by atoms with E-state index in [0.717, 1.165) is 35.7 Å². The van der Waals surface area contributed by atoms with Crippen molar-refractivity contribution in [1.82, 2.24) is 14.7 Å². The van der Waals surface area contributed by atoms with Gasteiger partial charge in [-0.05, 0) is 49.2 Å². The highest BCUT2D eigenvalue weighted by Gasteiger charge is 2.18. The predicted octanol–water partition coefficient (Wildman–Crippen LogP) is 3.57. The maximum Gasteiger partial charge on any atom is 0.270 e. The summed E-state index contributed by atoms with van der Waals surface area (Å²) in [7, 11) is 0. The van der Waals surface area contributed by atoms with Crippen molar-refractivity contribution >= 4 is 29.0 Å². The van der Waals surface area contributed by atoms with Crippen LogP contribution in [-0.2, 0) is 6.42 Å². The number of carbonyl (C=O) groups is 1. The Balaban J connectivity index is 1.32. The molecule has 0 atom stereocenters. The third-order valence-corrected chi connectivity index (χ3v) is 6.20. The second-order valence-electron chi connectivity index (χ2n) is 7.39. The smallest absolute Gasteiger partial charge is 0.270 e. The molecule has 0 saturated carbocycles. The topological polar surface area (TPSA) is 58.9 Å². The molecule has 1 N–H and O–H groups in total. The molecule has 0 aliphatic carbocycles. The fourth-order valence-corrected chi connectivity index (χ4v) is 4.58. The van der Waals surface area contributed by atoms with E-state index >= 15 is 0 Å². The lowest BCUT2D eigenvalue weighted by molar-refractivity contribution is 0.0940. The van der Waals surface area contributed by atoms with Gasteiger partial charge in [-0.25, -0.2) is 4.98 Å². The number of imidazole rings is 1. The number of hydrogen-bond donors (Lipinski definition) is 1. The molecule has 1 aliphatic rings. The van der Waals surface area contributed by atoms with E-state index in [1.165, 1.54) is 17.2 Å². The van der Waals surface area contributed by atoms with Gasteiger partial charge in [0.25, 0.3) is 5.91 Å². The fraction of sp³-hybridized carbons (Fsp3) is 0.391. The molecule has 1 amide bonds. The Labute approximate surface area is 181 Å². The highest BCUT2D eigenvalue weighted by Crippen LogP contribution is 2.22. The maximum absolute atomic E-state index is 12.8. The first kappa shape index (κ1) is 20.6. The summed E-state index contributed by atoms with van der Waals surface area (Å²) in [6.07, 6.45) is 2.66. The highest BCUT2D eigenvalue weighted by molar-refractivity contribution is 7.99. The number of aryl methyl sites for hydroxylation is 2. The van der Waals surface area contributed by atoms with E-state index in [4.69, 9.17) is 4.74 Å². The minimum atomic E-state index is -0.119. The molecule has 0 radical (unpaired) electrons. The molecule has 0 spiro atoms. The van der Waals surface area contributed by atoms with Gasteiger partial charge in [0.15, 0.2) is 0 Å². The first-order valence-electron chi connectivity index (χ1n) is 10.5. The number of benzene rings is 1. The van der Waals surface area contributed by atoms with Gasteiger partial charge >= 0.3 is 0 Å². The van der Waals surface area contributed by atoms with Gasteiger partial charge in [0.1, 0.15) is 23.7 Å². The summed E-state index contributed by atoms with van der Waals surface area (Å²) in [4.78, 5) is 19.8. The lowest BCUT2D eigenvalue weighted by Gasteiger charge is -2.28. The molecule has 6 nitrogen and oxygen atoms in total. The van der Waals surface area contributed by atoms with Crippen molar-refractivity contribution in [3.05, 3.63) is 59.5 Å². The summed E-state index contributed by atoms with van der Waals surface area (Å²) in [5, 5.41) is 2.97.